The number of nitrogens with zero attached hydrogens (tertiary/aromatic N) is 3. The molecule has 1 N–H and O–H groups in total. The largest absolute Gasteiger partial charge is 0.310 e. The van der Waals surface area contributed by atoms with Crippen LogP contribution in [0, 0.1) is 13.8 Å². The first-order chi connectivity index (χ1) is 9.63. The Hall–Kier alpha value is -1.68. The van der Waals surface area contributed by atoms with Crippen LogP contribution in [0.15, 0.2) is 24.5 Å². The van der Waals surface area contributed by atoms with E-state index in [4.69, 9.17) is 0 Å². The lowest BCUT2D eigenvalue weighted by Crippen LogP contribution is -2.24. The lowest BCUT2D eigenvalue weighted by Gasteiger charge is -2.19. The highest BCUT2D eigenvalue weighted by atomic mass is 15.3. The topological polar surface area (TPSA) is 42.7 Å². The van der Waals surface area contributed by atoms with E-state index in [0.29, 0.717) is 6.04 Å². The van der Waals surface area contributed by atoms with Crippen molar-refractivity contribution in [3.05, 3.63) is 47.0 Å². The predicted octanol–water partition coefficient (Wildman–Crippen LogP) is 2.72. The lowest BCUT2D eigenvalue weighted by molar-refractivity contribution is 0.526. The van der Waals surface area contributed by atoms with Gasteiger partial charge in [0, 0.05) is 31.2 Å². The summed E-state index contributed by atoms with van der Waals surface area (Å²) in [5, 5.41) is 8.13. The lowest BCUT2D eigenvalue weighted by atomic mass is 9.98. The molecular formula is C16H24N4. The van der Waals surface area contributed by atoms with E-state index in [1.165, 1.54) is 16.8 Å². The van der Waals surface area contributed by atoms with Crippen LogP contribution in [0.1, 0.15) is 41.9 Å². The van der Waals surface area contributed by atoms with Crippen molar-refractivity contribution in [3.8, 4) is 0 Å². The molecule has 0 radical (unpaired) electrons. The van der Waals surface area contributed by atoms with Crippen LogP contribution in [0.5, 0.6) is 0 Å². The zero-order chi connectivity index (χ0) is 14.5. The van der Waals surface area contributed by atoms with Gasteiger partial charge < -0.3 is 5.32 Å². The molecule has 0 aliphatic carbocycles. The molecule has 0 spiro atoms. The fourth-order valence-corrected chi connectivity index (χ4v) is 2.53. The molecule has 0 amide bonds. The molecule has 0 fully saturated rings. The van der Waals surface area contributed by atoms with E-state index in [1.54, 1.807) is 0 Å². The van der Waals surface area contributed by atoms with E-state index in [-0.39, 0.29) is 0 Å². The second-order valence-electron chi connectivity index (χ2n) is 5.27. The van der Waals surface area contributed by atoms with E-state index in [9.17, 15) is 0 Å². The van der Waals surface area contributed by atoms with E-state index >= 15 is 0 Å². The smallest absolute Gasteiger partial charge is 0.0629 e. The highest BCUT2D eigenvalue weighted by Crippen LogP contribution is 2.22. The van der Waals surface area contributed by atoms with Crippen molar-refractivity contribution in [2.75, 3.05) is 6.54 Å². The van der Waals surface area contributed by atoms with Crippen LogP contribution in [0.4, 0.5) is 0 Å². The highest BCUT2D eigenvalue weighted by molar-refractivity contribution is 5.28. The Bertz CT molecular complexity index is 545. The predicted molar refractivity (Wildman–Crippen MR) is 81.7 cm³/mol. The molecule has 0 saturated heterocycles. The summed E-state index contributed by atoms with van der Waals surface area (Å²) >= 11 is 0. The quantitative estimate of drug-likeness (QED) is 0.879. The molecule has 4 nitrogen and oxygen atoms in total. The summed E-state index contributed by atoms with van der Waals surface area (Å²) < 4.78 is 1.96. The molecule has 2 heterocycles. The van der Waals surface area contributed by atoms with Crippen LogP contribution in [0.3, 0.4) is 0 Å². The van der Waals surface area contributed by atoms with Crippen LogP contribution in [0.25, 0.3) is 0 Å². The van der Waals surface area contributed by atoms with Gasteiger partial charge in [0.25, 0.3) is 0 Å². The maximum Gasteiger partial charge on any atom is 0.0629 e. The van der Waals surface area contributed by atoms with Gasteiger partial charge in [0.2, 0.25) is 0 Å². The molecule has 4 heteroatoms. The second kappa shape index (κ2) is 6.66. The Kier molecular flexibility index (Phi) is 4.90. The molecule has 1 atom stereocenters. The van der Waals surface area contributed by atoms with Crippen molar-refractivity contribution in [2.24, 2.45) is 7.05 Å². The molecule has 0 aliphatic rings. The van der Waals surface area contributed by atoms with Gasteiger partial charge in [0.15, 0.2) is 0 Å². The zero-order valence-electron chi connectivity index (χ0n) is 12.8. The molecule has 0 saturated carbocycles. The monoisotopic (exact) mass is 272 g/mol. The van der Waals surface area contributed by atoms with Crippen molar-refractivity contribution >= 4 is 0 Å². The zero-order valence-corrected chi connectivity index (χ0v) is 12.8. The molecule has 0 aromatic carbocycles. The second-order valence-corrected chi connectivity index (χ2v) is 5.27. The molecule has 2 aromatic rings. The summed E-state index contributed by atoms with van der Waals surface area (Å²) in [5.41, 5.74) is 4.94. The summed E-state index contributed by atoms with van der Waals surface area (Å²) in [4.78, 5) is 4.24. The third-order valence-electron chi connectivity index (χ3n) is 3.79. The molecule has 0 bridgehead atoms. The Morgan fingerprint density at radius 3 is 2.70 bits per heavy atom. The fourth-order valence-electron chi connectivity index (χ4n) is 2.53. The number of aromatic nitrogens is 3. The van der Waals surface area contributed by atoms with E-state index in [1.807, 2.05) is 30.2 Å². The molecule has 20 heavy (non-hydrogen) atoms. The number of aryl methyl sites for hydroxylation is 2. The van der Waals surface area contributed by atoms with Gasteiger partial charge in [-0.1, -0.05) is 13.0 Å². The first-order valence-corrected chi connectivity index (χ1v) is 7.25. The van der Waals surface area contributed by atoms with Crippen molar-refractivity contribution < 1.29 is 0 Å². The van der Waals surface area contributed by atoms with Crippen molar-refractivity contribution in [2.45, 2.75) is 39.7 Å². The van der Waals surface area contributed by atoms with Crippen LogP contribution in [-0.2, 0) is 13.5 Å². The van der Waals surface area contributed by atoms with Crippen molar-refractivity contribution in [3.63, 3.8) is 0 Å². The van der Waals surface area contributed by atoms with Gasteiger partial charge in [-0.25, -0.2) is 0 Å². The van der Waals surface area contributed by atoms with E-state index in [2.05, 4.69) is 42.2 Å². The van der Waals surface area contributed by atoms with Gasteiger partial charge >= 0.3 is 0 Å². The van der Waals surface area contributed by atoms with Crippen LogP contribution in [0.2, 0.25) is 0 Å². The van der Waals surface area contributed by atoms with Crippen LogP contribution < -0.4 is 5.32 Å². The fraction of sp³-hybridized carbons (Fsp3) is 0.500. The molecular weight excluding hydrogens is 248 g/mol. The minimum absolute atomic E-state index is 0.297. The molecule has 0 aliphatic heterocycles. The Morgan fingerprint density at radius 1 is 1.35 bits per heavy atom. The number of rotatable bonds is 6. The molecule has 108 valence electrons. The summed E-state index contributed by atoms with van der Waals surface area (Å²) in [5.74, 6) is 0. The van der Waals surface area contributed by atoms with Gasteiger partial charge in [-0.2, -0.15) is 5.10 Å². The van der Waals surface area contributed by atoms with Gasteiger partial charge in [-0.3, -0.25) is 9.67 Å². The average molecular weight is 272 g/mol. The Balaban J connectivity index is 2.24. The summed E-state index contributed by atoms with van der Waals surface area (Å²) in [6, 6.07) is 4.44. The van der Waals surface area contributed by atoms with Gasteiger partial charge in [0.05, 0.1) is 5.69 Å². The third-order valence-corrected chi connectivity index (χ3v) is 3.79. The Labute approximate surface area is 121 Å². The van der Waals surface area contributed by atoms with Gasteiger partial charge in [0.1, 0.15) is 0 Å². The standard InChI is InChI=1S/C16H24N4/c1-5-8-18-16(14-7-6-9-17-11-14)10-15-12(2)19-20(4)13(15)3/h6-7,9,11,16,18H,5,8,10H2,1-4H3. The van der Waals surface area contributed by atoms with Crippen LogP contribution >= 0.6 is 0 Å². The van der Waals surface area contributed by atoms with Crippen molar-refractivity contribution in [1.29, 1.82) is 0 Å². The maximum absolute atomic E-state index is 4.51. The minimum atomic E-state index is 0.297. The SMILES string of the molecule is CCCNC(Cc1c(C)nn(C)c1C)c1cccnc1. The summed E-state index contributed by atoms with van der Waals surface area (Å²) in [7, 11) is 2.00. The minimum Gasteiger partial charge on any atom is -0.310 e. The summed E-state index contributed by atoms with van der Waals surface area (Å²) in [6.07, 6.45) is 5.86. The maximum atomic E-state index is 4.51. The van der Waals surface area contributed by atoms with Crippen molar-refractivity contribution in [1.82, 2.24) is 20.1 Å². The number of nitrogens with one attached hydrogen (secondary N) is 1. The van der Waals surface area contributed by atoms with Gasteiger partial charge in [-0.05, 0) is 50.4 Å². The summed E-state index contributed by atoms with van der Waals surface area (Å²) in [6.45, 7) is 7.42. The van der Waals surface area contributed by atoms with E-state index < -0.39 is 0 Å². The third kappa shape index (κ3) is 3.25. The number of pyridine rings is 1. The highest BCUT2D eigenvalue weighted by Gasteiger charge is 2.17. The number of hydrogen-bond donors (Lipinski definition) is 1. The first kappa shape index (κ1) is 14.7. The average Bonchev–Trinajstić information content (AvgIpc) is 2.70. The van der Waals surface area contributed by atoms with Gasteiger partial charge in [-0.15, -0.1) is 0 Å². The molecule has 2 aromatic heterocycles. The normalized spacial score (nSPS) is 12.6. The Morgan fingerprint density at radius 2 is 2.15 bits per heavy atom. The van der Waals surface area contributed by atoms with E-state index in [0.717, 1.165) is 25.1 Å². The molecule has 1 unspecified atom stereocenters. The number of hydrogen-bond acceptors (Lipinski definition) is 3. The van der Waals surface area contributed by atoms with Crippen LogP contribution in [-0.4, -0.2) is 21.3 Å². The molecule has 2 rings (SSSR count). The first-order valence-electron chi connectivity index (χ1n) is 7.25.